The van der Waals surface area contributed by atoms with Crippen LogP contribution in [0.3, 0.4) is 0 Å². The van der Waals surface area contributed by atoms with E-state index in [2.05, 4.69) is 69.3 Å². The van der Waals surface area contributed by atoms with Crippen molar-refractivity contribution >= 4 is 29.1 Å². The van der Waals surface area contributed by atoms with E-state index in [1.807, 2.05) is 0 Å². The van der Waals surface area contributed by atoms with Gasteiger partial charge in [-0.15, -0.1) is 0 Å². The molecule has 6 nitrogen and oxygen atoms in total. The Morgan fingerprint density at radius 2 is 1.84 bits per heavy atom. The first-order valence-corrected chi connectivity index (χ1v) is 11.9. The van der Waals surface area contributed by atoms with Crippen molar-refractivity contribution in [2.45, 2.75) is 38.1 Å². The Bertz CT molecular complexity index is 1010. The van der Waals surface area contributed by atoms with Gasteiger partial charge in [-0.1, -0.05) is 55.9 Å². The molecule has 0 spiro atoms. The summed E-state index contributed by atoms with van der Waals surface area (Å²) in [7, 11) is 0. The second-order valence-electron chi connectivity index (χ2n) is 9.42. The van der Waals surface area contributed by atoms with Crippen LogP contribution in [0.4, 0.5) is 11.5 Å². The van der Waals surface area contributed by atoms with Crippen LogP contribution in [0, 0.1) is 5.41 Å². The van der Waals surface area contributed by atoms with E-state index in [4.69, 9.17) is 0 Å². The minimum Gasteiger partial charge on any atom is -0.353 e. The van der Waals surface area contributed by atoms with Crippen molar-refractivity contribution in [3.8, 4) is 0 Å². The van der Waals surface area contributed by atoms with Crippen LogP contribution in [0.2, 0.25) is 0 Å². The molecule has 2 aromatic rings. The van der Waals surface area contributed by atoms with Crippen LogP contribution >= 0.6 is 11.8 Å². The highest BCUT2D eigenvalue weighted by Gasteiger charge is 2.37. The van der Waals surface area contributed by atoms with Crippen molar-refractivity contribution < 1.29 is 4.79 Å². The van der Waals surface area contributed by atoms with Crippen molar-refractivity contribution in [1.82, 2.24) is 14.9 Å². The normalized spacial score (nSPS) is 20.8. The van der Waals surface area contributed by atoms with E-state index in [-0.39, 0.29) is 11.2 Å². The SMILES string of the molecule is CC1(C)CC(=O)C2=C(C1)Nc1c(ncnc1N1CCN(CCc3ccccc3)CC1)S2. The number of piperazine rings is 1. The summed E-state index contributed by atoms with van der Waals surface area (Å²) in [5.41, 5.74) is 3.39. The molecule has 2 aliphatic heterocycles. The Labute approximate surface area is 188 Å². The first-order valence-electron chi connectivity index (χ1n) is 11.1. The summed E-state index contributed by atoms with van der Waals surface area (Å²) in [5.74, 6) is 1.18. The highest BCUT2D eigenvalue weighted by atomic mass is 32.2. The third-order valence-electron chi connectivity index (χ3n) is 6.32. The van der Waals surface area contributed by atoms with Gasteiger partial charge in [0.15, 0.2) is 11.6 Å². The number of benzene rings is 1. The summed E-state index contributed by atoms with van der Waals surface area (Å²) in [5, 5.41) is 4.43. The molecule has 0 saturated carbocycles. The molecule has 1 aliphatic carbocycles. The molecular weight excluding hydrogens is 406 g/mol. The number of nitrogens with one attached hydrogen (secondary N) is 1. The molecular formula is C24H29N5OS. The second-order valence-corrected chi connectivity index (χ2v) is 10.4. The smallest absolute Gasteiger partial charge is 0.171 e. The van der Waals surface area contributed by atoms with Gasteiger partial charge >= 0.3 is 0 Å². The quantitative estimate of drug-likeness (QED) is 0.730. The van der Waals surface area contributed by atoms with E-state index in [0.29, 0.717) is 6.42 Å². The van der Waals surface area contributed by atoms with Gasteiger partial charge in [0.25, 0.3) is 0 Å². The lowest BCUT2D eigenvalue weighted by molar-refractivity contribution is -0.117. The van der Waals surface area contributed by atoms with Crippen LogP contribution in [-0.4, -0.2) is 53.4 Å². The lowest BCUT2D eigenvalue weighted by Gasteiger charge is -2.38. The first-order chi connectivity index (χ1) is 15.0. The third kappa shape index (κ3) is 4.34. The van der Waals surface area contributed by atoms with Gasteiger partial charge < -0.3 is 10.2 Å². The molecule has 1 N–H and O–H groups in total. The van der Waals surface area contributed by atoms with Crippen LogP contribution in [0.1, 0.15) is 32.3 Å². The van der Waals surface area contributed by atoms with Crippen molar-refractivity contribution in [3.63, 3.8) is 0 Å². The monoisotopic (exact) mass is 435 g/mol. The number of thioether (sulfide) groups is 1. The fourth-order valence-corrected chi connectivity index (χ4v) is 5.64. The number of carbonyl (C=O) groups excluding carboxylic acids is 1. The first kappa shape index (κ1) is 20.5. The largest absolute Gasteiger partial charge is 0.353 e. The molecule has 0 radical (unpaired) electrons. The standard InChI is InChI=1S/C24H29N5OS/c1-24(2)14-18-21(19(30)15-24)31-23-20(27-18)22(25-16-26-23)29-12-10-28(11-13-29)9-8-17-6-4-3-5-7-17/h3-7,16,27H,8-15H2,1-2H3. The highest BCUT2D eigenvalue weighted by molar-refractivity contribution is 8.04. The maximum atomic E-state index is 12.7. The van der Waals surface area contributed by atoms with Crippen molar-refractivity contribution in [2.24, 2.45) is 5.41 Å². The van der Waals surface area contributed by atoms with Crippen molar-refractivity contribution in [3.05, 3.63) is 52.8 Å². The lowest BCUT2D eigenvalue weighted by Crippen LogP contribution is -2.47. The average Bonchev–Trinajstić information content (AvgIpc) is 2.77. The number of Topliss-reactive ketones (excluding diaryl/α,β-unsaturated/α-hetero) is 1. The molecule has 0 amide bonds. The number of allylic oxidation sites excluding steroid dienone is 2. The zero-order valence-corrected chi connectivity index (χ0v) is 19.0. The second kappa shape index (κ2) is 8.28. The van der Waals surface area contributed by atoms with Gasteiger partial charge in [-0.2, -0.15) is 0 Å². The maximum absolute atomic E-state index is 12.7. The minimum atomic E-state index is -0.0127. The van der Waals surface area contributed by atoms with Gasteiger partial charge in [0, 0.05) is 44.8 Å². The topological polar surface area (TPSA) is 61.4 Å². The fourth-order valence-electron chi connectivity index (χ4n) is 4.67. The minimum absolute atomic E-state index is 0.0127. The number of carbonyl (C=O) groups is 1. The number of fused-ring (bicyclic) bond motifs is 1. The number of nitrogens with zero attached hydrogens (tertiary/aromatic N) is 4. The van der Waals surface area contributed by atoms with Gasteiger partial charge in [-0.3, -0.25) is 9.69 Å². The zero-order chi connectivity index (χ0) is 21.4. The summed E-state index contributed by atoms with van der Waals surface area (Å²) in [6, 6.07) is 10.7. The number of ketones is 1. The highest BCUT2D eigenvalue weighted by Crippen LogP contribution is 2.49. The lowest BCUT2D eigenvalue weighted by atomic mass is 9.78. The summed E-state index contributed by atoms with van der Waals surface area (Å²) in [6.45, 7) is 9.35. The molecule has 0 bridgehead atoms. The molecule has 5 rings (SSSR count). The predicted molar refractivity (Wildman–Crippen MR) is 125 cm³/mol. The Balaban J connectivity index is 1.27. The summed E-state index contributed by atoms with van der Waals surface area (Å²) >= 11 is 1.51. The average molecular weight is 436 g/mol. The Morgan fingerprint density at radius 1 is 1.06 bits per heavy atom. The van der Waals surface area contributed by atoms with Gasteiger partial charge in [0.1, 0.15) is 17.0 Å². The molecule has 3 aliphatic rings. The third-order valence-corrected chi connectivity index (χ3v) is 7.50. The molecule has 162 valence electrons. The summed E-state index contributed by atoms with van der Waals surface area (Å²) in [6.07, 6.45) is 4.19. The van der Waals surface area contributed by atoms with Crippen molar-refractivity contribution in [1.29, 1.82) is 0 Å². The predicted octanol–water partition coefficient (Wildman–Crippen LogP) is 3.96. The van der Waals surface area contributed by atoms with E-state index in [1.54, 1.807) is 6.33 Å². The molecule has 1 aromatic heterocycles. The van der Waals surface area contributed by atoms with E-state index in [0.717, 1.165) is 72.7 Å². The van der Waals surface area contributed by atoms with E-state index in [9.17, 15) is 4.79 Å². The number of hydrogen-bond acceptors (Lipinski definition) is 7. The van der Waals surface area contributed by atoms with Crippen LogP contribution in [0.25, 0.3) is 0 Å². The number of hydrogen-bond donors (Lipinski definition) is 1. The van der Waals surface area contributed by atoms with Gasteiger partial charge in [-0.05, 0) is 23.8 Å². The van der Waals surface area contributed by atoms with Gasteiger partial charge in [0.2, 0.25) is 0 Å². The molecule has 1 fully saturated rings. The Hall–Kier alpha value is -2.38. The van der Waals surface area contributed by atoms with Crippen LogP contribution in [0.5, 0.6) is 0 Å². The van der Waals surface area contributed by atoms with E-state index >= 15 is 0 Å². The zero-order valence-electron chi connectivity index (χ0n) is 18.2. The molecule has 7 heteroatoms. The maximum Gasteiger partial charge on any atom is 0.171 e. The number of anilines is 2. The van der Waals surface area contributed by atoms with Crippen LogP contribution < -0.4 is 10.2 Å². The van der Waals surface area contributed by atoms with Crippen LogP contribution in [-0.2, 0) is 11.2 Å². The molecule has 0 atom stereocenters. The number of aromatic nitrogens is 2. The van der Waals surface area contributed by atoms with Crippen molar-refractivity contribution in [2.75, 3.05) is 42.9 Å². The van der Waals surface area contributed by atoms with Gasteiger partial charge in [0.05, 0.1) is 4.91 Å². The molecule has 0 unspecified atom stereocenters. The molecule has 1 aromatic carbocycles. The fraction of sp³-hybridized carbons (Fsp3) is 0.458. The molecule has 31 heavy (non-hydrogen) atoms. The number of rotatable bonds is 4. The van der Waals surface area contributed by atoms with Crippen LogP contribution in [0.15, 0.2) is 52.3 Å². The molecule has 1 saturated heterocycles. The molecule has 3 heterocycles. The Morgan fingerprint density at radius 3 is 2.61 bits per heavy atom. The van der Waals surface area contributed by atoms with Gasteiger partial charge in [-0.25, -0.2) is 9.97 Å². The summed E-state index contributed by atoms with van der Waals surface area (Å²) in [4.78, 5) is 27.5. The Kier molecular flexibility index (Phi) is 5.48. The van der Waals surface area contributed by atoms with E-state index < -0.39 is 0 Å². The van der Waals surface area contributed by atoms with E-state index in [1.165, 1.54) is 17.3 Å². The summed E-state index contributed by atoms with van der Waals surface area (Å²) < 4.78 is 0.